The molecule has 0 radical (unpaired) electrons. The van der Waals surface area contributed by atoms with Crippen LogP contribution >= 0.6 is 0 Å². The average Bonchev–Trinajstić information content (AvgIpc) is 2.82. The SMILES string of the molecule is O=C([C@@H]1Cc2ccccc2O1)N1CCNCC1. The Morgan fingerprint density at radius 3 is 2.82 bits per heavy atom. The third-order valence-electron chi connectivity index (χ3n) is 3.35. The van der Waals surface area contributed by atoms with E-state index in [0.717, 1.165) is 37.5 Å². The van der Waals surface area contributed by atoms with Crippen LogP contribution in [0.5, 0.6) is 5.75 Å². The number of para-hydroxylation sites is 1. The molecule has 2 heterocycles. The Bertz CT molecular complexity index is 402. The van der Waals surface area contributed by atoms with Gasteiger partial charge in [-0.05, 0) is 11.6 Å². The third-order valence-corrected chi connectivity index (χ3v) is 3.35. The molecule has 1 fully saturated rings. The van der Waals surface area contributed by atoms with Crippen molar-refractivity contribution in [2.75, 3.05) is 26.2 Å². The Morgan fingerprint density at radius 2 is 2.06 bits per heavy atom. The van der Waals surface area contributed by atoms with E-state index in [1.807, 2.05) is 29.2 Å². The van der Waals surface area contributed by atoms with Gasteiger partial charge in [-0.15, -0.1) is 0 Å². The molecule has 1 atom stereocenters. The average molecular weight is 232 g/mol. The smallest absolute Gasteiger partial charge is 0.264 e. The zero-order valence-corrected chi connectivity index (χ0v) is 9.69. The summed E-state index contributed by atoms with van der Waals surface area (Å²) in [5.41, 5.74) is 1.14. The first kappa shape index (κ1) is 10.6. The summed E-state index contributed by atoms with van der Waals surface area (Å²) in [4.78, 5) is 14.1. The molecule has 0 aromatic heterocycles. The number of benzene rings is 1. The number of fused-ring (bicyclic) bond motifs is 1. The Hall–Kier alpha value is -1.55. The van der Waals surface area contributed by atoms with Crippen LogP contribution in [0.1, 0.15) is 5.56 Å². The molecule has 0 aliphatic carbocycles. The zero-order chi connectivity index (χ0) is 11.7. The van der Waals surface area contributed by atoms with E-state index in [1.165, 1.54) is 0 Å². The molecule has 1 N–H and O–H groups in total. The van der Waals surface area contributed by atoms with Gasteiger partial charge in [0.15, 0.2) is 6.10 Å². The molecule has 2 aliphatic heterocycles. The van der Waals surface area contributed by atoms with Crippen molar-refractivity contribution in [3.63, 3.8) is 0 Å². The summed E-state index contributed by atoms with van der Waals surface area (Å²) in [7, 11) is 0. The number of nitrogens with zero attached hydrogens (tertiary/aromatic N) is 1. The van der Waals surface area contributed by atoms with Crippen molar-refractivity contribution in [3.8, 4) is 5.75 Å². The lowest BCUT2D eigenvalue weighted by molar-refractivity contribution is -0.138. The minimum Gasteiger partial charge on any atom is -0.480 e. The van der Waals surface area contributed by atoms with Crippen LogP contribution in [-0.4, -0.2) is 43.1 Å². The molecule has 0 bridgehead atoms. The van der Waals surface area contributed by atoms with Crippen LogP contribution in [0.4, 0.5) is 0 Å². The van der Waals surface area contributed by atoms with Gasteiger partial charge in [-0.3, -0.25) is 4.79 Å². The number of rotatable bonds is 1. The van der Waals surface area contributed by atoms with Crippen molar-refractivity contribution < 1.29 is 9.53 Å². The van der Waals surface area contributed by atoms with Crippen LogP contribution in [0.25, 0.3) is 0 Å². The van der Waals surface area contributed by atoms with Crippen LogP contribution in [0.2, 0.25) is 0 Å². The van der Waals surface area contributed by atoms with Gasteiger partial charge in [-0.25, -0.2) is 0 Å². The monoisotopic (exact) mass is 232 g/mol. The third kappa shape index (κ3) is 2.00. The van der Waals surface area contributed by atoms with Gasteiger partial charge in [-0.1, -0.05) is 18.2 Å². The largest absolute Gasteiger partial charge is 0.480 e. The molecule has 1 amide bonds. The molecule has 4 nitrogen and oxygen atoms in total. The second-order valence-corrected chi connectivity index (χ2v) is 4.49. The lowest BCUT2D eigenvalue weighted by atomic mass is 10.1. The Kier molecular flexibility index (Phi) is 2.73. The van der Waals surface area contributed by atoms with Gasteiger partial charge in [0.05, 0.1) is 0 Å². The van der Waals surface area contributed by atoms with Gasteiger partial charge < -0.3 is 15.0 Å². The Balaban J connectivity index is 1.69. The molecule has 3 rings (SSSR count). The van der Waals surface area contributed by atoms with E-state index in [4.69, 9.17) is 4.74 Å². The molecule has 2 aliphatic rings. The molecule has 1 aromatic rings. The number of hydrogen-bond acceptors (Lipinski definition) is 3. The van der Waals surface area contributed by atoms with Crippen LogP contribution in [-0.2, 0) is 11.2 Å². The van der Waals surface area contributed by atoms with Crippen LogP contribution in [0.15, 0.2) is 24.3 Å². The van der Waals surface area contributed by atoms with E-state index < -0.39 is 0 Å². The van der Waals surface area contributed by atoms with Crippen LogP contribution in [0.3, 0.4) is 0 Å². The molecular weight excluding hydrogens is 216 g/mol. The maximum absolute atomic E-state index is 12.2. The second kappa shape index (κ2) is 4.37. The first-order valence-electron chi connectivity index (χ1n) is 6.08. The quantitative estimate of drug-likeness (QED) is 0.763. The van der Waals surface area contributed by atoms with Crippen LogP contribution < -0.4 is 10.1 Å². The van der Waals surface area contributed by atoms with E-state index >= 15 is 0 Å². The summed E-state index contributed by atoms with van der Waals surface area (Å²) < 4.78 is 5.71. The fourth-order valence-corrected chi connectivity index (χ4v) is 2.41. The van der Waals surface area contributed by atoms with Crippen molar-refractivity contribution >= 4 is 5.91 Å². The first-order valence-corrected chi connectivity index (χ1v) is 6.08. The van der Waals surface area contributed by atoms with E-state index in [-0.39, 0.29) is 12.0 Å². The van der Waals surface area contributed by atoms with Crippen molar-refractivity contribution in [2.45, 2.75) is 12.5 Å². The van der Waals surface area contributed by atoms with E-state index in [1.54, 1.807) is 0 Å². The van der Waals surface area contributed by atoms with E-state index in [9.17, 15) is 4.79 Å². The molecule has 1 aromatic carbocycles. The van der Waals surface area contributed by atoms with Crippen molar-refractivity contribution in [2.24, 2.45) is 0 Å². The highest BCUT2D eigenvalue weighted by Gasteiger charge is 2.32. The Morgan fingerprint density at radius 1 is 1.29 bits per heavy atom. The number of carbonyl (C=O) groups is 1. The first-order chi connectivity index (χ1) is 8.34. The highest BCUT2D eigenvalue weighted by atomic mass is 16.5. The number of ether oxygens (including phenoxy) is 1. The molecule has 4 heteroatoms. The topological polar surface area (TPSA) is 41.6 Å². The molecular formula is C13H16N2O2. The highest BCUT2D eigenvalue weighted by molar-refractivity contribution is 5.82. The molecule has 90 valence electrons. The van der Waals surface area contributed by atoms with Crippen molar-refractivity contribution in [3.05, 3.63) is 29.8 Å². The van der Waals surface area contributed by atoms with Gasteiger partial charge in [-0.2, -0.15) is 0 Å². The highest BCUT2D eigenvalue weighted by Crippen LogP contribution is 2.28. The fourth-order valence-electron chi connectivity index (χ4n) is 2.41. The predicted octanol–water partition coefficient (Wildman–Crippen LogP) is 0.422. The molecule has 0 saturated carbocycles. The van der Waals surface area contributed by atoms with Gasteiger partial charge in [0, 0.05) is 32.6 Å². The van der Waals surface area contributed by atoms with Crippen LogP contribution in [0, 0.1) is 0 Å². The summed E-state index contributed by atoms with van der Waals surface area (Å²) in [6.45, 7) is 3.33. The number of hydrogen-bond donors (Lipinski definition) is 1. The van der Waals surface area contributed by atoms with Gasteiger partial charge >= 0.3 is 0 Å². The molecule has 0 spiro atoms. The maximum Gasteiger partial charge on any atom is 0.264 e. The number of carbonyl (C=O) groups excluding carboxylic acids is 1. The predicted molar refractivity (Wildman–Crippen MR) is 64.0 cm³/mol. The summed E-state index contributed by atoms with van der Waals surface area (Å²) in [6.07, 6.45) is 0.393. The molecule has 0 unspecified atom stereocenters. The zero-order valence-electron chi connectivity index (χ0n) is 9.69. The van der Waals surface area contributed by atoms with Crippen molar-refractivity contribution in [1.82, 2.24) is 10.2 Å². The normalized spacial score (nSPS) is 23.1. The number of amides is 1. The summed E-state index contributed by atoms with van der Waals surface area (Å²) in [6, 6.07) is 7.89. The van der Waals surface area contributed by atoms with Crippen molar-refractivity contribution in [1.29, 1.82) is 0 Å². The van der Waals surface area contributed by atoms with Gasteiger partial charge in [0.25, 0.3) is 5.91 Å². The Labute approximate surface area is 101 Å². The standard InChI is InChI=1S/C13H16N2O2/c16-13(15-7-5-14-6-8-15)12-9-10-3-1-2-4-11(10)17-12/h1-4,12,14H,5-9H2/t12-/m0/s1. The lowest BCUT2D eigenvalue weighted by Gasteiger charge is -2.29. The minimum atomic E-state index is -0.314. The maximum atomic E-state index is 12.2. The number of nitrogens with one attached hydrogen (secondary N) is 1. The summed E-state index contributed by atoms with van der Waals surface area (Å²) in [5.74, 6) is 0.990. The molecule has 1 saturated heterocycles. The van der Waals surface area contributed by atoms with Gasteiger partial charge in [0.1, 0.15) is 5.75 Å². The minimum absolute atomic E-state index is 0.128. The fraction of sp³-hybridized carbons (Fsp3) is 0.462. The second-order valence-electron chi connectivity index (χ2n) is 4.49. The summed E-state index contributed by atoms with van der Waals surface area (Å²) in [5, 5.41) is 3.24. The van der Waals surface area contributed by atoms with E-state index in [0.29, 0.717) is 6.42 Å². The van der Waals surface area contributed by atoms with E-state index in [2.05, 4.69) is 5.32 Å². The summed E-state index contributed by atoms with van der Waals surface area (Å²) >= 11 is 0. The molecule has 17 heavy (non-hydrogen) atoms. The lowest BCUT2D eigenvalue weighted by Crippen LogP contribution is -2.50. The van der Waals surface area contributed by atoms with Gasteiger partial charge in [0.2, 0.25) is 0 Å². The number of piperazine rings is 1.